The van der Waals surface area contributed by atoms with E-state index in [1.54, 1.807) is 0 Å². The van der Waals surface area contributed by atoms with Gasteiger partial charge in [-0.2, -0.15) is 0 Å². The second-order valence-electron chi connectivity index (χ2n) is 6.97. The first-order valence-electron chi connectivity index (χ1n) is 7.98. The fourth-order valence-corrected chi connectivity index (χ4v) is 4.00. The standard InChI is InChI=1S/C18H25NO/c1-11-3-5-13-9-14-6-4-12(2)8-16(14)17(10-18(19)20)15(13)7-11/h9,11-12H,3-8,10H2,1-2H3,(H2,19,20). The first-order valence-corrected chi connectivity index (χ1v) is 7.98. The van der Waals surface area contributed by atoms with Crippen molar-refractivity contribution in [2.24, 2.45) is 17.6 Å². The van der Waals surface area contributed by atoms with E-state index < -0.39 is 0 Å². The normalized spacial score (nSPS) is 24.9. The number of nitrogens with two attached hydrogens (primary N) is 1. The molecule has 2 N–H and O–H groups in total. The molecule has 0 aromatic heterocycles. The van der Waals surface area contributed by atoms with Gasteiger partial charge in [0, 0.05) is 0 Å². The van der Waals surface area contributed by atoms with E-state index in [0.29, 0.717) is 6.42 Å². The van der Waals surface area contributed by atoms with Crippen molar-refractivity contribution in [3.05, 3.63) is 33.9 Å². The molecule has 0 fully saturated rings. The molecule has 3 rings (SSSR count). The molecule has 2 unspecified atom stereocenters. The van der Waals surface area contributed by atoms with Gasteiger partial charge < -0.3 is 5.73 Å². The van der Waals surface area contributed by atoms with E-state index in [2.05, 4.69) is 19.9 Å². The maximum Gasteiger partial charge on any atom is 0.221 e. The Bertz CT molecular complexity index is 509. The molecule has 0 saturated heterocycles. The van der Waals surface area contributed by atoms with Crippen molar-refractivity contribution in [1.82, 2.24) is 0 Å². The van der Waals surface area contributed by atoms with Gasteiger partial charge in [0.2, 0.25) is 5.91 Å². The van der Waals surface area contributed by atoms with Crippen LogP contribution in [0.1, 0.15) is 54.5 Å². The molecule has 1 aromatic rings. The molecule has 2 aliphatic carbocycles. The lowest BCUT2D eigenvalue weighted by Gasteiger charge is -2.31. The molecule has 1 aromatic carbocycles. The molecule has 2 aliphatic rings. The average Bonchev–Trinajstić information content (AvgIpc) is 2.39. The van der Waals surface area contributed by atoms with Crippen LogP contribution in [0.4, 0.5) is 0 Å². The molecular formula is C18H25NO. The van der Waals surface area contributed by atoms with Gasteiger partial charge in [-0.05, 0) is 78.2 Å². The molecule has 2 heteroatoms. The van der Waals surface area contributed by atoms with Crippen molar-refractivity contribution >= 4 is 5.91 Å². The molecule has 2 atom stereocenters. The number of hydrogen-bond acceptors (Lipinski definition) is 1. The summed E-state index contributed by atoms with van der Waals surface area (Å²) in [5, 5.41) is 0. The molecule has 2 nitrogen and oxygen atoms in total. The lowest BCUT2D eigenvalue weighted by atomic mass is 9.74. The summed E-state index contributed by atoms with van der Waals surface area (Å²) < 4.78 is 0. The lowest BCUT2D eigenvalue weighted by Crippen LogP contribution is -2.24. The van der Waals surface area contributed by atoms with E-state index in [0.717, 1.165) is 24.7 Å². The van der Waals surface area contributed by atoms with Crippen molar-refractivity contribution < 1.29 is 4.79 Å². The zero-order chi connectivity index (χ0) is 14.3. The fourth-order valence-electron chi connectivity index (χ4n) is 4.00. The molecule has 0 spiro atoms. The number of aryl methyl sites for hydroxylation is 2. The molecule has 0 heterocycles. The Balaban J connectivity index is 2.12. The van der Waals surface area contributed by atoms with Gasteiger partial charge in [0.25, 0.3) is 0 Å². The number of carbonyl (C=O) groups excluding carboxylic acids is 1. The molecule has 20 heavy (non-hydrogen) atoms. The maximum absolute atomic E-state index is 11.5. The van der Waals surface area contributed by atoms with E-state index in [1.165, 1.54) is 53.5 Å². The van der Waals surface area contributed by atoms with Crippen molar-refractivity contribution in [3.63, 3.8) is 0 Å². The van der Waals surface area contributed by atoms with Crippen molar-refractivity contribution in [2.75, 3.05) is 0 Å². The highest BCUT2D eigenvalue weighted by Crippen LogP contribution is 2.36. The van der Waals surface area contributed by atoms with E-state index in [1.807, 2.05) is 0 Å². The van der Waals surface area contributed by atoms with Crippen LogP contribution < -0.4 is 5.73 Å². The van der Waals surface area contributed by atoms with Gasteiger partial charge in [-0.25, -0.2) is 0 Å². The SMILES string of the molecule is CC1CCc2cc3c(c(CC(N)=O)c2C1)CC(C)CC3. The Morgan fingerprint density at radius 2 is 1.60 bits per heavy atom. The number of benzene rings is 1. The highest BCUT2D eigenvalue weighted by molar-refractivity contribution is 5.78. The Kier molecular flexibility index (Phi) is 3.57. The molecular weight excluding hydrogens is 246 g/mol. The molecule has 0 bridgehead atoms. The Labute approximate surface area is 121 Å². The highest BCUT2D eigenvalue weighted by atomic mass is 16.1. The van der Waals surface area contributed by atoms with E-state index in [-0.39, 0.29) is 5.91 Å². The summed E-state index contributed by atoms with van der Waals surface area (Å²) in [6, 6.07) is 2.44. The van der Waals surface area contributed by atoms with Crippen LogP contribution >= 0.6 is 0 Å². The van der Waals surface area contributed by atoms with Crippen molar-refractivity contribution in [1.29, 1.82) is 0 Å². The smallest absolute Gasteiger partial charge is 0.221 e. The summed E-state index contributed by atoms with van der Waals surface area (Å²) in [6.07, 6.45) is 7.58. The number of fused-ring (bicyclic) bond motifs is 2. The van der Waals surface area contributed by atoms with Crippen LogP contribution in [0.5, 0.6) is 0 Å². The minimum atomic E-state index is -0.183. The third-order valence-corrected chi connectivity index (χ3v) is 5.12. The maximum atomic E-state index is 11.5. The number of rotatable bonds is 2. The molecule has 108 valence electrons. The van der Waals surface area contributed by atoms with E-state index in [9.17, 15) is 4.79 Å². The van der Waals surface area contributed by atoms with Crippen LogP contribution in [-0.4, -0.2) is 5.91 Å². The average molecular weight is 271 g/mol. The summed E-state index contributed by atoms with van der Waals surface area (Å²) in [5.41, 5.74) is 12.7. The van der Waals surface area contributed by atoms with Crippen LogP contribution in [0, 0.1) is 11.8 Å². The van der Waals surface area contributed by atoms with Crippen LogP contribution in [0.3, 0.4) is 0 Å². The van der Waals surface area contributed by atoms with Gasteiger partial charge >= 0.3 is 0 Å². The predicted octanol–water partition coefficient (Wildman–Crippen LogP) is 2.96. The number of primary amides is 1. The predicted molar refractivity (Wildman–Crippen MR) is 81.7 cm³/mol. The number of amides is 1. The summed E-state index contributed by atoms with van der Waals surface area (Å²) in [6.45, 7) is 4.64. The van der Waals surface area contributed by atoms with E-state index in [4.69, 9.17) is 5.73 Å². The minimum Gasteiger partial charge on any atom is -0.369 e. The van der Waals surface area contributed by atoms with Gasteiger partial charge in [-0.3, -0.25) is 4.79 Å². The summed E-state index contributed by atoms with van der Waals surface area (Å²) in [4.78, 5) is 11.5. The third-order valence-electron chi connectivity index (χ3n) is 5.12. The largest absolute Gasteiger partial charge is 0.369 e. The zero-order valence-corrected chi connectivity index (χ0v) is 12.7. The van der Waals surface area contributed by atoms with Crippen LogP contribution in [0.25, 0.3) is 0 Å². The zero-order valence-electron chi connectivity index (χ0n) is 12.7. The third kappa shape index (κ3) is 2.48. The fraction of sp³-hybridized carbons (Fsp3) is 0.611. The Morgan fingerprint density at radius 1 is 1.10 bits per heavy atom. The van der Waals surface area contributed by atoms with Crippen molar-refractivity contribution in [2.45, 2.75) is 58.8 Å². The Morgan fingerprint density at radius 3 is 2.05 bits per heavy atom. The topological polar surface area (TPSA) is 43.1 Å². The van der Waals surface area contributed by atoms with Gasteiger partial charge in [0.15, 0.2) is 0 Å². The first-order chi connectivity index (χ1) is 9.54. The number of carbonyl (C=O) groups is 1. The summed E-state index contributed by atoms with van der Waals surface area (Å²) >= 11 is 0. The quantitative estimate of drug-likeness (QED) is 0.883. The second-order valence-corrected chi connectivity index (χ2v) is 6.97. The van der Waals surface area contributed by atoms with Gasteiger partial charge in [-0.15, -0.1) is 0 Å². The monoisotopic (exact) mass is 271 g/mol. The van der Waals surface area contributed by atoms with Gasteiger partial charge in [0.1, 0.15) is 0 Å². The van der Waals surface area contributed by atoms with Crippen LogP contribution in [-0.2, 0) is 36.9 Å². The van der Waals surface area contributed by atoms with Crippen LogP contribution in [0.2, 0.25) is 0 Å². The first kappa shape index (κ1) is 13.7. The lowest BCUT2D eigenvalue weighted by molar-refractivity contribution is -0.117. The summed E-state index contributed by atoms with van der Waals surface area (Å²) in [7, 11) is 0. The Hall–Kier alpha value is -1.31. The van der Waals surface area contributed by atoms with Gasteiger partial charge in [0.05, 0.1) is 6.42 Å². The second kappa shape index (κ2) is 5.23. The summed E-state index contributed by atoms with van der Waals surface area (Å²) in [5.74, 6) is 1.28. The molecule has 0 radical (unpaired) electrons. The highest BCUT2D eigenvalue weighted by Gasteiger charge is 2.26. The van der Waals surface area contributed by atoms with Crippen molar-refractivity contribution in [3.8, 4) is 0 Å². The molecule has 0 aliphatic heterocycles. The van der Waals surface area contributed by atoms with Crippen LogP contribution in [0.15, 0.2) is 6.07 Å². The van der Waals surface area contributed by atoms with Gasteiger partial charge in [-0.1, -0.05) is 19.9 Å². The number of hydrogen-bond donors (Lipinski definition) is 1. The molecule has 1 amide bonds. The molecule has 0 saturated carbocycles. The minimum absolute atomic E-state index is 0.183. The van der Waals surface area contributed by atoms with E-state index >= 15 is 0 Å².